The van der Waals surface area contributed by atoms with Crippen LogP contribution in [-0.2, 0) is 4.79 Å². The smallest absolute Gasteiger partial charge is 0.222 e. The van der Waals surface area contributed by atoms with Crippen molar-refractivity contribution in [3.05, 3.63) is 0 Å². The number of carbonyl (C=O) groups is 1. The monoisotopic (exact) mass is 282 g/mol. The van der Waals surface area contributed by atoms with Crippen molar-refractivity contribution in [2.45, 2.75) is 72.1 Å². The summed E-state index contributed by atoms with van der Waals surface area (Å²) in [5.74, 6) is 1.01. The summed E-state index contributed by atoms with van der Waals surface area (Å²) in [6.45, 7) is 9.43. The Balaban J connectivity index is 2.39. The summed E-state index contributed by atoms with van der Waals surface area (Å²) in [4.78, 5) is 14.5. The fourth-order valence-corrected chi connectivity index (χ4v) is 3.54. The molecule has 0 aromatic heterocycles. The highest BCUT2D eigenvalue weighted by Gasteiger charge is 2.36. The summed E-state index contributed by atoms with van der Waals surface area (Å²) in [7, 11) is 0. The van der Waals surface area contributed by atoms with Gasteiger partial charge >= 0.3 is 0 Å². The fraction of sp³-hybridized carbons (Fsp3) is 0.941. The number of nitrogens with zero attached hydrogens (tertiary/aromatic N) is 1. The minimum atomic E-state index is 0.367. The maximum atomic E-state index is 12.4. The summed E-state index contributed by atoms with van der Waals surface area (Å²) < 4.78 is 0. The van der Waals surface area contributed by atoms with Gasteiger partial charge in [0.05, 0.1) is 0 Å². The third kappa shape index (κ3) is 4.76. The molecule has 0 spiro atoms. The Morgan fingerprint density at radius 3 is 2.40 bits per heavy atom. The lowest BCUT2D eigenvalue weighted by Crippen LogP contribution is -2.32. The Morgan fingerprint density at radius 1 is 1.20 bits per heavy atom. The van der Waals surface area contributed by atoms with Crippen LogP contribution in [0.4, 0.5) is 0 Å². The molecule has 0 radical (unpaired) electrons. The lowest BCUT2D eigenvalue weighted by Gasteiger charge is -2.26. The molecule has 1 atom stereocenters. The van der Waals surface area contributed by atoms with E-state index in [2.05, 4.69) is 25.7 Å². The summed E-state index contributed by atoms with van der Waals surface area (Å²) in [6, 6.07) is 0. The number of hydrogen-bond acceptors (Lipinski definition) is 2. The molecule has 118 valence electrons. The second-order valence-corrected chi connectivity index (χ2v) is 6.54. The van der Waals surface area contributed by atoms with E-state index in [1.54, 1.807) is 0 Å². The molecule has 1 fully saturated rings. The van der Waals surface area contributed by atoms with Gasteiger partial charge in [0.25, 0.3) is 0 Å². The highest BCUT2D eigenvalue weighted by atomic mass is 16.2. The first-order valence-electron chi connectivity index (χ1n) is 8.58. The number of carbonyl (C=O) groups excluding carboxylic acids is 1. The predicted octanol–water partition coefficient (Wildman–Crippen LogP) is 3.57. The summed E-state index contributed by atoms with van der Waals surface area (Å²) in [6.07, 6.45) is 8.77. The van der Waals surface area contributed by atoms with Crippen molar-refractivity contribution in [2.24, 2.45) is 17.1 Å². The second-order valence-electron chi connectivity index (χ2n) is 6.54. The third-order valence-corrected chi connectivity index (χ3v) is 5.33. The average Bonchev–Trinajstić information content (AvgIpc) is 2.90. The van der Waals surface area contributed by atoms with Gasteiger partial charge in [-0.25, -0.2) is 0 Å². The van der Waals surface area contributed by atoms with Crippen molar-refractivity contribution in [2.75, 3.05) is 19.6 Å². The second kappa shape index (κ2) is 8.66. The first-order valence-corrected chi connectivity index (χ1v) is 8.58. The zero-order chi connectivity index (χ0) is 15.0. The van der Waals surface area contributed by atoms with Gasteiger partial charge < -0.3 is 10.6 Å². The molecule has 1 aliphatic heterocycles. The highest BCUT2D eigenvalue weighted by molar-refractivity contribution is 5.76. The van der Waals surface area contributed by atoms with Gasteiger partial charge in [-0.15, -0.1) is 0 Å². The minimum absolute atomic E-state index is 0.367. The van der Waals surface area contributed by atoms with Gasteiger partial charge in [0.15, 0.2) is 0 Å². The topological polar surface area (TPSA) is 46.3 Å². The van der Waals surface area contributed by atoms with Gasteiger partial charge in [0.2, 0.25) is 5.91 Å². The van der Waals surface area contributed by atoms with Crippen LogP contribution in [0.2, 0.25) is 0 Å². The van der Waals surface area contributed by atoms with E-state index in [1.807, 2.05) is 0 Å². The maximum absolute atomic E-state index is 12.4. The molecule has 1 amide bonds. The SMILES string of the molecule is CCCC(CCN)CCC(=O)N1CCC(CC)(CC)C1. The Kier molecular flexibility index (Phi) is 7.57. The van der Waals surface area contributed by atoms with Gasteiger partial charge in [-0.2, -0.15) is 0 Å². The van der Waals surface area contributed by atoms with Crippen LogP contribution in [0, 0.1) is 11.3 Å². The molecule has 20 heavy (non-hydrogen) atoms. The summed E-state index contributed by atoms with van der Waals surface area (Å²) >= 11 is 0. The van der Waals surface area contributed by atoms with E-state index in [0.29, 0.717) is 23.7 Å². The quantitative estimate of drug-likeness (QED) is 0.702. The Hall–Kier alpha value is -0.570. The zero-order valence-electron chi connectivity index (χ0n) is 13.8. The van der Waals surface area contributed by atoms with E-state index in [4.69, 9.17) is 5.73 Å². The fourth-order valence-electron chi connectivity index (χ4n) is 3.54. The van der Waals surface area contributed by atoms with Crippen LogP contribution in [-0.4, -0.2) is 30.4 Å². The predicted molar refractivity (Wildman–Crippen MR) is 85.5 cm³/mol. The molecule has 3 heteroatoms. The van der Waals surface area contributed by atoms with Crippen molar-refractivity contribution in [1.82, 2.24) is 4.90 Å². The van der Waals surface area contributed by atoms with Gasteiger partial charge in [0, 0.05) is 19.5 Å². The van der Waals surface area contributed by atoms with Crippen LogP contribution in [0.15, 0.2) is 0 Å². The minimum Gasteiger partial charge on any atom is -0.342 e. The van der Waals surface area contributed by atoms with Crippen molar-refractivity contribution in [3.63, 3.8) is 0 Å². The van der Waals surface area contributed by atoms with Crippen LogP contribution in [0.25, 0.3) is 0 Å². The van der Waals surface area contributed by atoms with Gasteiger partial charge in [-0.1, -0.05) is 33.6 Å². The standard InChI is InChI=1S/C17H34N2O/c1-4-7-15(10-12-18)8-9-16(20)19-13-11-17(5-2,6-3)14-19/h15H,4-14,18H2,1-3H3. The van der Waals surface area contributed by atoms with Crippen LogP contribution in [0.3, 0.4) is 0 Å². The molecule has 1 unspecified atom stereocenters. The molecule has 1 aliphatic rings. The molecule has 3 nitrogen and oxygen atoms in total. The van der Waals surface area contributed by atoms with Crippen LogP contribution >= 0.6 is 0 Å². The number of rotatable bonds is 9. The molecular formula is C17H34N2O. The first-order chi connectivity index (χ1) is 9.60. The number of likely N-dealkylation sites (tertiary alicyclic amines) is 1. The van der Waals surface area contributed by atoms with Gasteiger partial charge in [0.1, 0.15) is 0 Å². The van der Waals surface area contributed by atoms with E-state index < -0.39 is 0 Å². The van der Waals surface area contributed by atoms with Gasteiger partial charge in [-0.05, 0) is 50.0 Å². The zero-order valence-corrected chi connectivity index (χ0v) is 13.8. The van der Waals surface area contributed by atoms with E-state index in [-0.39, 0.29) is 0 Å². The summed E-state index contributed by atoms with van der Waals surface area (Å²) in [5.41, 5.74) is 6.06. The van der Waals surface area contributed by atoms with Crippen molar-refractivity contribution in [3.8, 4) is 0 Å². The molecule has 0 aliphatic carbocycles. The number of amides is 1. The van der Waals surface area contributed by atoms with E-state index in [9.17, 15) is 4.79 Å². The number of hydrogen-bond donors (Lipinski definition) is 1. The average molecular weight is 282 g/mol. The lowest BCUT2D eigenvalue weighted by molar-refractivity contribution is -0.130. The van der Waals surface area contributed by atoms with Crippen LogP contribution < -0.4 is 5.73 Å². The maximum Gasteiger partial charge on any atom is 0.222 e. The normalized spacial score (nSPS) is 19.3. The number of nitrogens with two attached hydrogens (primary N) is 1. The lowest BCUT2D eigenvalue weighted by atomic mass is 9.82. The molecule has 0 bridgehead atoms. The van der Waals surface area contributed by atoms with Crippen molar-refractivity contribution >= 4 is 5.91 Å². The Morgan fingerprint density at radius 2 is 1.90 bits per heavy atom. The molecule has 0 aromatic rings. The molecule has 1 rings (SSSR count). The third-order valence-electron chi connectivity index (χ3n) is 5.33. The highest BCUT2D eigenvalue weighted by Crippen LogP contribution is 2.37. The van der Waals surface area contributed by atoms with Crippen LogP contribution in [0.5, 0.6) is 0 Å². The first kappa shape index (κ1) is 17.5. The van der Waals surface area contributed by atoms with Crippen molar-refractivity contribution in [1.29, 1.82) is 0 Å². The van der Waals surface area contributed by atoms with E-state index in [1.165, 1.54) is 32.1 Å². The molecule has 0 aromatic carbocycles. The molecular weight excluding hydrogens is 248 g/mol. The van der Waals surface area contributed by atoms with E-state index in [0.717, 1.165) is 32.5 Å². The molecule has 1 saturated heterocycles. The van der Waals surface area contributed by atoms with Gasteiger partial charge in [-0.3, -0.25) is 4.79 Å². The molecule has 1 heterocycles. The Labute approximate surface area is 125 Å². The molecule has 2 N–H and O–H groups in total. The summed E-state index contributed by atoms with van der Waals surface area (Å²) in [5, 5.41) is 0. The van der Waals surface area contributed by atoms with E-state index >= 15 is 0 Å². The van der Waals surface area contributed by atoms with Crippen LogP contribution in [0.1, 0.15) is 72.1 Å². The van der Waals surface area contributed by atoms with Crippen molar-refractivity contribution < 1.29 is 4.79 Å². The Bertz CT molecular complexity index is 281. The largest absolute Gasteiger partial charge is 0.342 e. The molecule has 0 saturated carbocycles.